The van der Waals surface area contributed by atoms with E-state index in [9.17, 15) is 8.78 Å². The van der Waals surface area contributed by atoms with E-state index >= 15 is 0 Å². The molecule has 2 aromatic carbocycles. The monoisotopic (exact) mass is 314 g/mol. The van der Waals surface area contributed by atoms with Crippen molar-refractivity contribution in [2.24, 2.45) is 5.10 Å². The normalized spacial score (nSPS) is 11.3. The molecule has 0 saturated carbocycles. The van der Waals surface area contributed by atoms with Crippen LogP contribution >= 0.6 is 0 Å². The van der Waals surface area contributed by atoms with Crippen molar-refractivity contribution in [3.8, 4) is 17.1 Å². The first-order valence-electron chi connectivity index (χ1n) is 6.77. The van der Waals surface area contributed by atoms with Crippen molar-refractivity contribution >= 4 is 6.21 Å². The van der Waals surface area contributed by atoms with Gasteiger partial charge in [0.1, 0.15) is 12.1 Å². The predicted molar refractivity (Wildman–Crippen MR) is 81.5 cm³/mol. The second-order valence-electron chi connectivity index (χ2n) is 4.53. The van der Waals surface area contributed by atoms with E-state index in [4.69, 9.17) is 0 Å². The molecule has 0 spiro atoms. The minimum absolute atomic E-state index is 0.0561. The fourth-order valence-electron chi connectivity index (χ4n) is 2.01. The average Bonchev–Trinajstić information content (AvgIpc) is 3.03. The van der Waals surface area contributed by atoms with Gasteiger partial charge in [0, 0.05) is 11.1 Å². The van der Waals surface area contributed by atoms with Crippen molar-refractivity contribution in [1.82, 2.24) is 14.9 Å². The highest BCUT2D eigenvalue weighted by atomic mass is 19.3. The van der Waals surface area contributed by atoms with Gasteiger partial charge in [-0.05, 0) is 12.1 Å². The molecule has 116 valence electrons. The van der Waals surface area contributed by atoms with Gasteiger partial charge in [-0.25, -0.2) is 0 Å². The second kappa shape index (κ2) is 6.78. The molecule has 0 N–H and O–H groups in total. The third kappa shape index (κ3) is 3.57. The van der Waals surface area contributed by atoms with Crippen molar-refractivity contribution in [3.05, 3.63) is 66.5 Å². The Hall–Kier alpha value is -3.09. The predicted octanol–water partition coefficient (Wildman–Crippen LogP) is 3.43. The van der Waals surface area contributed by atoms with Gasteiger partial charge in [-0.1, -0.05) is 42.5 Å². The number of ether oxygens (including phenoxy) is 1. The van der Waals surface area contributed by atoms with Crippen LogP contribution in [0, 0.1) is 0 Å². The Balaban J connectivity index is 1.89. The first kappa shape index (κ1) is 14.8. The molecule has 3 rings (SSSR count). The summed E-state index contributed by atoms with van der Waals surface area (Å²) in [6.45, 7) is -2.89. The summed E-state index contributed by atoms with van der Waals surface area (Å²) >= 11 is 0. The van der Waals surface area contributed by atoms with Crippen LogP contribution in [0.2, 0.25) is 0 Å². The molecule has 23 heavy (non-hydrogen) atoms. The summed E-state index contributed by atoms with van der Waals surface area (Å²) in [5.41, 5.74) is 1.28. The largest absolute Gasteiger partial charge is 0.434 e. The number of aromatic nitrogens is 3. The number of rotatable bonds is 5. The third-order valence-corrected chi connectivity index (χ3v) is 3.02. The van der Waals surface area contributed by atoms with Crippen LogP contribution < -0.4 is 4.74 Å². The third-order valence-electron chi connectivity index (χ3n) is 3.02. The minimum atomic E-state index is -2.89. The number of hydrogen-bond acceptors (Lipinski definition) is 4. The quantitative estimate of drug-likeness (QED) is 0.678. The van der Waals surface area contributed by atoms with Crippen molar-refractivity contribution in [2.75, 3.05) is 0 Å². The Morgan fingerprint density at radius 1 is 1.04 bits per heavy atom. The second-order valence-corrected chi connectivity index (χ2v) is 4.53. The van der Waals surface area contributed by atoms with E-state index in [0.717, 1.165) is 5.56 Å². The number of alkyl halides is 2. The fraction of sp³-hybridized carbons (Fsp3) is 0.0625. The molecule has 0 radical (unpaired) electrons. The number of benzene rings is 2. The van der Waals surface area contributed by atoms with Crippen molar-refractivity contribution in [1.29, 1.82) is 0 Å². The maximum absolute atomic E-state index is 12.4. The standard InChI is InChI=1S/C16H12F2N4O/c17-16(18)23-14-9-5-4-8-13(14)10-20-22-11-19-21-15(22)12-6-2-1-3-7-12/h1-11,16H/b20-10-. The van der Waals surface area contributed by atoms with Gasteiger partial charge in [0.25, 0.3) is 0 Å². The molecule has 0 saturated heterocycles. The lowest BCUT2D eigenvalue weighted by Gasteiger charge is -2.07. The molecular weight excluding hydrogens is 302 g/mol. The van der Waals surface area contributed by atoms with E-state index in [1.165, 1.54) is 23.3 Å². The molecule has 0 bridgehead atoms. The topological polar surface area (TPSA) is 52.3 Å². The Bertz CT molecular complexity index is 803. The molecule has 0 aliphatic carbocycles. The van der Waals surface area contributed by atoms with E-state index in [-0.39, 0.29) is 5.75 Å². The van der Waals surface area contributed by atoms with E-state index in [1.54, 1.807) is 18.2 Å². The van der Waals surface area contributed by atoms with Crippen LogP contribution in [0.4, 0.5) is 8.78 Å². The lowest BCUT2D eigenvalue weighted by atomic mass is 10.2. The first-order chi connectivity index (χ1) is 11.2. The Kier molecular flexibility index (Phi) is 4.37. The molecule has 1 heterocycles. The highest BCUT2D eigenvalue weighted by molar-refractivity contribution is 5.83. The average molecular weight is 314 g/mol. The minimum Gasteiger partial charge on any atom is -0.434 e. The molecule has 1 aromatic heterocycles. The van der Waals surface area contributed by atoms with Crippen LogP contribution in [0.25, 0.3) is 11.4 Å². The summed E-state index contributed by atoms with van der Waals surface area (Å²) in [4.78, 5) is 0. The van der Waals surface area contributed by atoms with Crippen LogP contribution in [0.15, 0.2) is 66.0 Å². The molecule has 0 amide bonds. The van der Waals surface area contributed by atoms with E-state index < -0.39 is 6.61 Å². The molecule has 7 heteroatoms. The van der Waals surface area contributed by atoms with Crippen molar-refractivity contribution < 1.29 is 13.5 Å². The summed E-state index contributed by atoms with van der Waals surface area (Å²) in [5.74, 6) is 0.606. The van der Waals surface area contributed by atoms with E-state index in [2.05, 4.69) is 20.0 Å². The SMILES string of the molecule is FC(F)Oc1ccccc1/C=N\n1cnnc1-c1ccccc1. The van der Waals surface area contributed by atoms with Gasteiger partial charge < -0.3 is 4.74 Å². The highest BCUT2D eigenvalue weighted by Gasteiger charge is 2.08. The lowest BCUT2D eigenvalue weighted by molar-refractivity contribution is -0.0499. The number of halogens is 2. The first-order valence-corrected chi connectivity index (χ1v) is 6.77. The van der Waals surface area contributed by atoms with Gasteiger partial charge in [0.05, 0.1) is 6.21 Å². The molecule has 0 aliphatic heterocycles. The zero-order chi connectivity index (χ0) is 16.1. The Morgan fingerprint density at radius 3 is 2.57 bits per heavy atom. The molecule has 0 atom stereocenters. The van der Waals surface area contributed by atoms with Gasteiger partial charge >= 0.3 is 6.61 Å². The lowest BCUT2D eigenvalue weighted by Crippen LogP contribution is -2.04. The molecule has 0 unspecified atom stereocenters. The summed E-state index contributed by atoms with van der Waals surface area (Å²) in [7, 11) is 0. The smallest absolute Gasteiger partial charge is 0.387 e. The fourth-order valence-corrected chi connectivity index (χ4v) is 2.01. The molecule has 3 aromatic rings. The Morgan fingerprint density at radius 2 is 1.78 bits per heavy atom. The van der Waals surface area contributed by atoms with Crippen LogP contribution in [-0.2, 0) is 0 Å². The zero-order valence-electron chi connectivity index (χ0n) is 11.9. The summed E-state index contributed by atoms with van der Waals surface area (Å²) in [6, 6.07) is 15.8. The van der Waals surface area contributed by atoms with Gasteiger partial charge in [0.2, 0.25) is 0 Å². The van der Waals surface area contributed by atoms with Gasteiger partial charge in [0.15, 0.2) is 5.82 Å². The van der Waals surface area contributed by atoms with Crippen LogP contribution in [0.1, 0.15) is 5.56 Å². The van der Waals surface area contributed by atoms with E-state index in [1.807, 2.05) is 30.3 Å². The summed E-state index contributed by atoms with van der Waals surface area (Å²) in [6.07, 6.45) is 2.86. The van der Waals surface area contributed by atoms with Crippen LogP contribution in [0.5, 0.6) is 5.75 Å². The van der Waals surface area contributed by atoms with Crippen molar-refractivity contribution in [2.45, 2.75) is 6.61 Å². The maximum atomic E-state index is 12.4. The van der Waals surface area contributed by atoms with Gasteiger partial charge in [-0.15, -0.1) is 10.2 Å². The van der Waals surface area contributed by atoms with E-state index in [0.29, 0.717) is 11.4 Å². The Labute approximate surface area is 130 Å². The maximum Gasteiger partial charge on any atom is 0.387 e. The number of nitrogens with zero attached hydrogens (tertiary/aromatic N) is 4. The highest BCUT2D eigenvalue weighted by Crippen LogP contribution is 2.19. The van der Waals surface area contributed by atoms with Gasteiger partial charge in [-0.2, -0.15) is 18.6 Å². The molecule has 0 fully saturated rings. The summed E-state index contributed by atoms with van der Waals surface area (Å²) in [5, 5.41) is 12.1. The molecule has 5 nitrogen and oxygen atoms in total. The van der Waals surface area contributed by atoms with Gasteiger partial charge in [-0.3, -0.25) is 0 Å². The molecule has 0 aliphatic rings. The number of hydrogen-bond donors (Lipinski definition) is 0. The number of para-hydroxylation sites is 1. The molecular formula is C16H12F2N4O. The van der Waals surface area contributed by atoms with Crippen molar-refractivity contribution in [3.63, 3.8) is 0 Å². The van der Waals surface area contributed by atoms with Crippen LogP contribution in [-0.4, -0.2) is 27.7 Å². The summed E-state index contributed by atoms with van der Waals surface area (Å²) < 4.78 is 30.7. The zero-order valence-corrected chi connectivity index (χ0v) is 11.9. The van der Waals surface area contributed by atoms with Crippen LogP contribution in [0.3, 0.4) is 0 Å².